The van der Waals surface area contributed by atoms with Gasteiger partial charge in [-0.3, -0.25) is 10.1 Å². The predicted molar refractivity (Wildman–Crippen MR) is 111 cm³/mol. The highest BCUT2D eigenvalue weighted by Gasteiger charge is 2.38. The minimum atomic E-state index is -0.349. The number of non-ortho nitro benzene ring substituents is 1. The molecule has 2 aliphatic rings. The smallest absolute Gasteiger partial charge is 0.269 e. The van der Waals surface area contributed by atoms with Crippen molar-refractivity contribution in [2.24, 2.45) is 5.92 Å². The summed E-state index contributed by atoms with van der Waals surface area (Å²) < 4.78 is 0. The molecule has 3 aromatic carbocycles. The average molecular weight is 368 g/mol. The molecule has 0 saturated carbocycles. The van der Waals surface area contributed by atoms with Crippen molar-refractivity contribution in [1.82, 2.24) is 0 Å². The Balaban J connectivity index is 1.52. The Hall–Kier alpha value is -3.40. The summed E-state index contributed by atoms with van der Waals surface area (Å²) in [6.45, 7) is 0. The summed E-state index contributed by atoms with van der Waals surface area (Å²) in [5.74, 6) is 0.778. The molecule has 0 aromatic heterocycles. The van der Waals surface area contributed by atoms with Gasteiger partial charge in [0.15, 0.2) is 0 Å². The number of fused-ring (bicyclic) bond motifs is 3. The maximum atomic E-state index is 11.0. The third kappa shape index (κ3) is 2.78. The van der Waals surface area contributed by atoms with Crippen LogP contribution in [0.2, 0.25) is 0 Å². The lowest BCUT2D eigenvalue weighted by molar-refractivity contribution is -0.384. The van der Waals surface area contributed by atoms with Gasteiger partial charge in [0.2, 0.25) is 0 Å². The van der Waals surface area contributed by atoms with Gasteiger partial charge in [0.25, 0.3) is 5.69 Å². The molecule has 3 atom stereocenters. The fraction of sp³-hybridized carbons (Fsp3) is 0.167. The number of allylic oxidation sites excluding steroid dienone is 2. The molecule has 28 heavy (non-hydrogen) atoms. The molecule has 0 radical (unpaired) electrons. The average Bonchev–Trinajstić information content (AvgIpc) is 3.24. The Kier molecular flexibility index (Phi) is 3.97. The second-order valence-corrected chi connectivity index (χ2v) is 7.49. The Morgan fingerprint density at radius 1 is 0.929 bits per heavy atom. The van der Waals surface area contributed by atoms with E-state index >= 15 is 0 Å². The molecule has 0 saturated heterocycles. The number of nitro benzene ring substituents is 1. The fourth-order valence-corrected chi connectivity index (χ4v) is 4.54. The van der Waals surface area contributed by atoms with E-state index in [1.54, 1.807) is 12.1 Å². The number of benzene rings is 3. The highest BCUT2D eigenvalue weighted by atomic mass is 16.6. The Morgan fingerprint density at radius 2 is 1.71 bits per heavy atom. The van der Waals surface area contributed by atoms with Crippen LogP contribution in [0.25, 0.3) is 11.1 Å². The summed E-state index contributed by atoms with van der Waals surface area (Å²) in [7, 11) is 0. The maximum absolute atomic E-state index is 11.0. The number of nitrogens with one attached hydrogen (secondary N) is 1. The first-order chi connectivity index (χ1) is 13.7. The molecule has 0 spiro atoms. The first-order valence-electron chi connectivity index (χ1n) is 9.57. The molecule has 1 aliphatic carbocycles. The molecule has 1 heterocycles. The summed E-state index contributed by atoms with van der Waals surface area (Å²) in [6.07, 6.45) is 5.59. The number of rotatable bonds is 3. The lowest BCUT2D eigenvalue weighted by Gasteiger charge is -2.37. The molecule has 5 rings (SSSR count). The zero-order valence-electron chi connectivity index (χ0n) is 15.3. The van der Waals surface area contributed by atoms with Crippen LogP contribution in [0.15, 0.2) is 84.9 Å². The summed E-state index contributed by atoms with van der Waals surface area (Å²) in [4.78, 5) is 10.6. The van der Waals surface area contributed by atoms with Crippen molar-refractivity contribution in [3.8, 4) is 11.1 Å². The molecule has 1 N–H and O–H groups in total. The molecule has 138 valence electrons. The van der Waals surface area contributed by atoms with Gasteiger partial charge in [0.1, 0.15) is 0 Å². The number of nitrogens with zero attached hydrogens (tertiary/aromatic N) is 1. The molecule has 4 heteroatoms. The molecule has 4 nitrogen and oxygen atoms in total. The van der Waals surface area contributed by atoms with Crippen LogP contribution in [-0.2, 0) is 0 Å². The van der Waals surface area contributed by atoms with Crippen molar-refractivity contribution in [1.29, 1.82) is 0 Å². The second kappa shape index (κ2) is 6.64. The van der Waals surface area contributed by atoms with Crippen LogP contribution in [0.3, 0.4) is 0 Å². The number of anilines is 1. The van der Waals surface area contributed by atoms with Gasteiger partial charge in [-0.25, -0.2) is 0 Å². The van der Waals surface area contributed by atoms with Crippen LogP contribution in [0, 0.1) is 16.0 Å². The van der Waals surface area contributed by atoms with Gasteiger partial charge in [-0.05, 0) is 46.7 Å². The van der Waals surface area contributed by atoms with Crippen molar-refractivity contribution in [2.75, 3.05) is 5.32 Å². The van der Waals surface area contributed by atoms with E-state index < -0.39 is 0 Å². The van der Waals surface area contributed by atoms with Crippen molar-refractivity contribution in [2.45, 2.75) is 18.4 Å². The minimum absolute atomic E-state index is 0.133. The Morgan fingerprint density at radius 3 is 2.46 bits per heavy atom. The van der Waals surface area contributed by atoms with Gasteiger partial charge in [-0.1, -0.05) is 60.7 Å². The van der Waals surface area contributed by atoms with Crippen molar-refractivity contribution >= 4 is 11.4 Å². The molecule has 3 unspecified atom stereocenters. The van der Waals surface area contributed by atoms with Crippen LogP contribution in [-0.4, -0.2) is 4.92 Å². The monoisotopic (exact) mass is 368 g/mol. The number of nitro groups is 1. The van der Waals surface area contributed by atoms with Gasteiger partial charge >= 0.3 is 0 Å². The number of hydrogen-bond donors (Lipinski definition) is 1. The van der Waals surface area contributed by atoms with Crippen LogP contribution >= 0.6 is 0 Å². The zero-order valence-corrected chi connectivity index (χ0v) is 15.3. The molecule has 0 bridgehead atoms. The van der Waals surface area contributed by atoms with Crippen molar-refractivity contribution < 1.29 is 4.92 Å². The second-order valence-electron chi connectivity index (χ2n) is 7.49. The molecular weight excluding hydrogens is 348 g/mol. The molecule has 0 amide bonds. The summed E-state index contributed by atoms with van der Waals surface area (Å²) in [6, 6.07) is 24.2. The summed E-state index contributed by atoms with van der Waals surface area (Å²) >= 11 is 0. The Bertz CT molecular complexity index is 1060. The number of hydrogen-bond acceptors (Lipinski definition) is 3. The highest BCUT2D eigenvalue weighted by molar-refractivity contribution is 5.71. The first-order valence-corrected chi connectivity index (χ1v) is 9.57. The third-order valence-electron chi connectivity index (χ3n) is 5.93. The van der Waals surface area contributed by atoms with Gasteiger partial charge < -0.3 is 5.32 Å². The third-order valence-corrected chi connectivity index (χ3v) is 5.93. The van der Waals surface area contributed by atoms with E-state index in [0.29, 0.717) is 11.8 Å². The summed E-state index contributed by atoms with van der Waals surface area (Å²) in [5, 5.41) is 14.7. The quantitative estimate of drug-likeness (QED) is 0.346. The van der Waals surface area contributed by atoms with E-state index in [1.165, 1.54) is 16.7 Å². The van der Waals surface area contributed by atoms with Crippen LogP contribution in [0.5, 0.6) is 0 Å². The van der Waals surface area contributed by atoms with E-state index in [0.717, 1.165) is 17.7 Å². The van der Waals surface area contributed by atoms with Gasteiger partial charge in [0.05, 0.1) is 11.0 Å². The van der Waals surface area contributed by atoms with E-state index in [4.69, 9.17) is 0 Å². The van der Waals surface area contributed by atoms with E-state index in [2.05, 4.69) is 59.9 Å². The SMILES string of the molecule is O=[N+]([O-])c1ccc(C2Nc3ccc(-c4ccccc4)cc3C3C=CCC32)cc1. The molecule has 3 aromatic rings. The van der Waals surface area contributed by atoms with Gasteiger partial charge in [-0.2, -0.15) is 0 Å². The normalized spacial score (nSPS) is 22.2. The molecule has 1 aliphatic heterocycles. The zero-order chi connectivity index (χ0) is 19.1. The van der Waals surface area contributed by atoms with Crippen molar-refractivity contribution in [3.05, 3.63) is 106 Å². The van der Waals surface area contributed by atoms with E-state index in [-0.39, 0.29) is 16.7 Å². The fourth-order valence-electron chi connectivity index (χ4n) is 4.54. The van der Waals surface area contributed by atoms with Gasteiger partial charge in [0, 0.05) is 23.7 Å². The lowest BCUT2D eigenvalue weighted by Crippen LogP contribution is -2.29. The van der Waals surface area contributed by atoms with Crippen LogP contribution < -0.4 is 5.32 Å². The van der Waals surface area contributed by atoms with Crippen molar-refractivity contribution in [3.63, 3.8) is 0 Å². The molecular formula is C24H20N2O2. The molecule has 0 fully saturated rings. The maximum Gasteiger partial charge on any atom is 0.269 e. The first kappa shape index (κ1) is 16.8. The van der Waals surface area contributed by atoms with Crippen LogP contribution in [0.1, 0.15) is 29.5 Å². The van der Waals surface area contributed by atoms with E-state index in [1.807, 2.05) is 18.2 Å². The van der Waals surface area contributed by atoms with E-state index in [9.17, 15) is 10.1 Å². The predicted octanol–water partition coefficient (Wildman–Crippen LogP) is 6.09. The standard InChI is InChI=1S/C24H20N2O2/c27-26(28)19-12-9-17(10-13-19)24-21-8-4-7-20(21)22-15-18(11-14-23(22)25-24)16-5-2-1-3-6-16/h1-7,9-15,20-21,24-25H,8H2. The minimum Gasteiger partial charge on any atom is -0.378 e. The lowest BCUT2D eigenvalue weighted by atomic mass is 9.76. The Labute approximate surface area is 163 Å². The topological polar surface area (TPSA) is 55.2 Å². The highest BCUT2D eigenvalue weighted by Crippen LogP contribution is 2.50. The van der Waals surface area contributed by atoms with Crippen LogP contribution in [0.4, 0.5) is 11.4 Å². The largest absolute Gasteiger partial charge is 0.378 e. The summed E-state index contributed by atoms with van der Waals surface area (Å²) in [5.41, 5.74) is 6.17. The van der Waals surface area contributed by atoms with Gasteiger partial charge in [-0.15, -0.1) is 0 Å².